The molecule has 0 aliphatic carbocycles. The second-order valence-corrected chi connectivity index (χ2v) is 6.51. The van der Waals surface area contributed by atoms with Crippen LogP contribution in [0.3, 0.4) is 0 Å². The summed E-state index contributed by atoms with van der Waals surface area (Å²) in [7, 11) is 2.10. The lowest BCUT2D eigenvalue weighted by Gasteiger charge is -2.29. The molecule has 0 aliphatic heterocycles. The minimum Gasteiger partial charge on any atom is -0.322 e. The highest BCUT2D eigenvalue weighted by atomic mass is 32.1. The molecule has 0 fully saturated rings. The molecule has 21 heavy (non-hydrogen) atoms. The highest BCUT2D eigenvalue weighted by Crippen LogP contribution is 2.26. The van der Waals surface area contributed by atoms with E-state index in [1.807, 2.05) is 0 Å². The van der Waals surface area contributed by atoms with Gasteiger partial charge in [-0.05, 0) is 43.5 Å². The summed E-state index contributed by atoms with van der Waals surface area (Å²) in [6.07, 6.45) is 1.22. The van der Waals surface area contributed by atoms with Crippen molar-refractivity contribution in [1.82, 2.24) is 9.88 Å². The van der Waals surface area contributed by atoms with E-state index in [1.165, 1.54) is 17.1 Å². The molecule has 0 spiro atoms. The van der Waals surface area contributed by atoms with Gasteiger partial charge in [-0.3, -0.25) is 9.88 Å². The van der Waals surface area contributed by atoms with E-state index in [2.05, 4.69) is 48.3 Å². The predicted molar refractivity (Wildman–Crippen MR) is 85.7 cm³/mol. The molecule has 2 aromatic heterocycles. The van der Waals surface area contributed by atoms with Crippen molar-refractivity contribution in [2.75, 3.05) is 13.6 Å². The van der Waals surface area contributed by atoms with Crippen molar-refractivity contribution in [3.05, 3.63) is 52.2 Å². The number of thiophene rings is 1. The monoisotopic (exact) mass is 307 g/mol. The van der Waals surface area contributed by atoms with Crippen molar-refractivity contribution in [3.8, 4) is 0 Å². The Kier molecular flexibility index (Phi) is 5.45. The molecular formula is C16H22FN3S. The third-order valence-electron chi connectivity index (χ3n) is 3.90. The summed E-state index contributed by atoms with van der Waals surface area (Å²) in [6.45, 7) is 5.16. The van der Waals surface area contributed by atoms with Gasteiger partial charge in [-0.25, -0.2) is 4.39 Å². The normalized spacial score (nSPS) is 15.9. The Morgan fingerprint density at radius 2 is 2.10 bits per heavy atom. The van der Waals surface area contributed by atoms with Crippen LogP contribution in [0.5, 0.6) is 0 Å². The van der Waals surface area contributed by atoms with Gasteiger partial charge >= 0.3 is 0 Å². The number of pyridine rings is 1. The van der Waals surface area contributed by atoms with Gasteiger partial charge in [0.2, 0.25) is 0 Å². The van der Waals surface area contributed by atoms with Crippen LogP contribution in [0.25, 0.3) is 0 Å². The van der Waals surface area contributed by atoms with E-state index in [9.17, 15) is 4.39 Å². The first-order chi connectivity index (χ1) is 9.99. The average molecular weight is 307 g/mol. The molecule has 0 saturated carbocycles. The van der Waals surface area contributed by atoms with Gasteiger partial charge in [0.05, 0.1) is 17.9 Å². The van der Waals surface area contributed by atoms with Gasteiger partial charge in [0.15, 0.2) is 0 Å². The maximum absolute atomic E-state index is 12.9. The van der Waals surface area contributed by atoms with Gasteiger partial charge in [-0.2, -0.15) is 0 Å². The van der Waals surface area contributed by atoms with Crippen molar-refractivity contribution in [2.24, 2.45) is 11.7 Å². The fourth-order valence-corrected chi connectivity index (χ4v) is 3.20. The minimum absolute atomic E-state index is 0.191. The molecule has 5 heteroatoms. The molecule has 3 unspecified atom stereocenters. The number of hydrogen-bond acceptors (Lipinski definition) is 4. The molecule has 2 aromatic rings. The second-order valence-electron chi connectivity index (χ2n) is 5.54. The van der Waals surface area contributed by atoms with Gasteiger partial charge in [-0.15, -0.1) is 11.3 Å². The van der Waals surface area contributed by atoms with Crippen LogP contribution >= 0.6 is 11.3 Å². The standard InChI is InChI=1S/C16H22FN3S/c1-11(16(18)14-7-6-13(17)9-19-14)10-20(3)12(2)15-5-4-8-21-15/h4-9,11-12,16H,10,18H2,1-3H3. The molecule has 0 aromatic carbocycles. The van der Waals surface area contributed by atoms with Crippen LogP contribution in [0.1, 0.15) is 36.5 Å². The van der Waals surface area contributed by atoms with E-state index in [-0.39, 0.29) is 17.8 Å². The Labute approximate surface area is 129 Å². The zero-order valence-corrected chi connectivity index (χ0v) is 13.5. The summed E-state index contributed by atoms with van der Waals surface area (Å²) in [5, 5.41) is 2.09. The van der Waals surface area contributed by atoms with Crippen molar-refractivity contribution in [3.63, 3.8) is 0 Å². The first-order valence-electron chi connectivity index (χ1n) is 7.09. The number of aromatic nitrogens is 1. The molecule has 0 aliphatic rings. The van der Waals surface area contributed by atoms with Gasteiger partial charge in [-0.1, -0.05) is 13.0 Å². The summed E-state index contributed by atoms with van der Waals surface area (Å²) in [6, 6.07) is 7.47. The molecule has 0 radical (unpaired) electrons. The Hall–Kier alpha value is -1.30. The second kappa shape index (κ2) is 7.11. The van der Waals surface area contributed by atoms with E-state index in [0.717, 1.165) is 12.2 Å². The molecule has 2 N–H and O–H groups in total. The average Bonchev–Trinajstić information content (AvgIpc) is 3.00. The van der Waals surface area contributed by atoms with E-state index >= 15 is 0 Å². The van der Waals surface area contributed by atoms with Crippen LogP contribution in [0.15, 0.2) is 35.8 Å². The molecule has 3 atom stereocenters. The van der Waals surface area contributed by atoms with Crippen LogP contribution in [-0.2, 0) is 0 Å². The Balaban J connectivity index is 1.96. The largest absolute Gasteiger partial charge is 0.322 e. The molecule has 0 amide bonds. The third kappa shape index (κ3) is 4.09. The fourth-order valence-electron chi connectivity index (χ4n) is 2.35. The molecule has 2 heterocycles. The fraction of sp³-hybridized carbons (Fsp3) is 0.438. The smallest absolute Gasteiger partial charge is 0.141 e. The number of hydrogen-bond donors (Lipinski definition) is 1. The Morgan fingerprint density at radius 3 is 2.67 bits per heavy atom. The molecular weight excluding hydrogens is 285 g/mol. The van der Waals surface area contributed by atoms with E-state index in [0.29, 0.717) is 6.04 Å². The molecule has 0 bridgehead atoms. The molecule has 0 saturated heterocycles. The summed E-state index contributed by atoms with van der Waals surface area (Å²) in [4.78, 5) is 7.72. The van der Waals surface area contributed by atoms with Gasteiger partial charge in [0.1, 0.15) is 5.82 Å². The van der Waals surface area contributed by atoms with Crippen LogP contribution < -0.4 is 5.73 Å². The zero-order valence-electron chi connectivity index (χ0n) is 12.7. The van der Waals surface area contributed by atoms with E-state index in [4.69, 9.17) is 5.73 Å². The Morgan fingerprint density at radius 1 is 1.33 bits per heavy atom. The van der Waals surface area contributed by atoms with Crippen molar-refractivity contribution < 1.29 is 4.39 Å². The first-order valence-corrected chi connectivity index (χ1v) is 7.97. The summed E-state index contributed by atoms with van der Waals surface area (Å²) >= 11 is 1.77. The number of halogens is 1. The molecule has 114 valence electrons. The van der Waals surface area contributed by atoms with Crippen LogP contribution in [0, 0.1) is 11.7 Å². The maximum Gasteiger partial charge on any atom is 0.141 e. The van der Waals surface area contributed by atoms with Gasteiger partial charge in [0.25, 0.3) is 0 Å². The topological polar surface area (TPSA) is 42.1 Å². The number of nitrogens with zero attached hydrogens (tertiary/aromatic N) is 2. The van der Waals surface area contributed by atoms with E-state index < -0.39 is 0 Å². The van der Waals surface area contributed by atoms with Crippen LogP contribution in [0.4, 0.5) is 4.39 Å². The highest BCUT2D eigenvalue weighted by molar-refractivity contribution is 7.10. The zero-order chi connectivity index (χ0) is 15.4. The lowest BCUT2D eigenvalue weighted by Crippen LogP contribution is -2.32. The van der Waals surface area contributed by atoms with Crippen LogP contribution in [0.2, 0.25) is 0 Å². The maximum atomic E-state index is 12.9. The lowest BCUT2D eigenvalue weighted by atomic mass is 9.98. The molecule has 3 nitrogen and oxygen atoms in total. The van der Waals surface area contributed by atoms with Crippen molar-refractivity contribution in [1.29, 1.82) is 0 Å². The van der Waals surface area contributed by atoms with Crippen LogP contribution in [-0.4, -0.2) is 23.5 Å². The van der Waals surface area contributed by atoms with Gasteiger partial charge in [0, 0.05) is 17.5 Å². The quantitative estimate of drug-likeness (QED) is 0.886. The number of rotatable bonds is 6. The number of nitrogens with two attached hydrogens (primary N) is 1. The highest BCUT2D eigenvalue weighted by Gasteiger charge is 2.21. The lowest BCUT2D eigenvalue weighted by molar-refractivity contribution is 0.213. The van der Waals surface area contributed by atoms with E-state index in [1.54, 1.807) is 17.4 Å². The predicted octanol–water partition coefficient (Wildman–Crippen LogP) is 3.61. The van der Waals surface area contributed by atoms with Crippen molar-refractivity contribution in [2.45, 2.75) is 25.9 Å². The van der Waals surface area contributed by atoms with Crippen molar-refractivity contribution >= 4 is 11.3 Å². The minimum atomic E-state index is -0.331. The molecule has 2 rings (SSSR count). The summed E-state index contributed by atoms with van der Waals surface area (Å²) in [5.41, 5.74) is 6.98. The third-order valence-corrected chi connectivity index (χ3v) is 4.94. The first kappa shape index (κ1) is 16.1. The SMILES string of the molecule is CC(CN(C)C(C)c1cccs1)C(N)c1ccc(F)cn1. The van der Waals surface area contributed by atoms with Gasteiger partial charge < -0.3 is 5.73 Å². The summed E-state index contributed by atoms with van der Waals surface area (Å²) < 4.78 is 12.9. The Bertz CT molecular complexity index is 541. The summed E-state index contributed by atoms with van der Waals surface area (Å²) in [5.74, 6) is -0.0996.